The molecule has 0 spiro atoms. The van der Waals surface area contributed by atoms with E-state index in [1.54, 1.807) is 18.2 Å². The van der Waals surface area contributed by atoms with Gasteiger partial charge in [-0.2, -0.15) is 0 Å². The summed E-state index contributed by atoms with van der Waals surface area (Å²) in [5, 5.41) is 11.0. The summed E-state index contributed by atoms with van der Waals surface area (Å²) in [5.41, 5.74) is 6.25. The summed E-state index contributed by atoms with van der Waals surface area (Å²) in [7, 11) is 1.42. The van der Waals surface area contributed by atoms with Gasteiger partial charge in [-0.3, -0.25) is 10.1 Å². The molecule has 0 radical (unpaired) electrons. The number of rotatable bonds is 3. The Bertz CT molecular complexity index is 416. The van der Waals surface area contributed by atoms with E-state index in [2.05, 4.69) is 0 Å². The molecular formula is C10H13N3O3. The van der Waals surface area contributed by atoms with Gasteiger partial charge < -0.3 is 15.4 Å². The second-order valence-corrected chi connectivity index (χ2v) is 3.75. The van der Waals surface area contributed by atoms with Crippen LogP contribution >= 0.6 is 0 Å². The number of nitro groups is 1. The van der Waals surface area contributed by atoms with E-state index >= 15 is 0 Å². The van der Waals surface area contributed by atoms with Crippen molar-refractivity contribution in [2.24, 2.45) is 5.73 Å². The zero-order valence-corrected chi connectivity index (χ0v) is 8.92. The number of methoxy groups -OCH3 is 1. The molecule has 0 saturated carbocycles. The van der Waals surface area contributed by atoms with Crippen LogP contribution in [0.1, 0.15) is 0 Å². The molecule has 1 fully saturated rings. The molecule has 1 aliphatic heterocycles. The van der Waals surface area contributed by atoms with Gasteiger partial charge in [-0.25, -0.2) is 0 Å². The first-order valence-corrected chi connectivity index (χ1v) is 4.95. The highest BCUT2D eigenvalue weighted by molar-refractivity contribution is 5.70. The van der Waals surface area contributed by atoms with Crippen molar-refractivity contribution in [2.45, 2.75) is 6.04 Å². The standard InChI is InChI=1S/C10H13N3O3/c1-16-9-4-2-3-8(10(9)13(14)15)12-5-7(11)6-12/h2-4,7H,5-6,11H2,1H3. The third kappa shape index (κ3) is 1.67. The predicted octanol–water partition coefficient (Wildman–Crippen LogP) is 0.751. The average molecular weight is 223 g/mol. The van der Waals surface area contributed by atoms with Gasteiger partial charge in [-0.05, 0) is 12.1 Å². The third-order valence-electron chi connectivity index (χ3n) is 2.63. The molecule has 1 aromatic rings. The summed E-state index contributed by atoms with van der Waals surface area (Å²) in [4.78, 5) is 12.5. The lowest BCUT2D eigenvalue weighted by atomic mass is 10.1. The Kier molecular flexibility index (Phi) is 2.66. The van der Waals surface area contributed by atoms with Crippen molar-refractivity contribution in [3.8, 4) is 5.75 Å². The molecule has 0 aliphatic carbocycles. The second kappa shape index (κ2) is 3.97. The Morgan fingerprint density at radius 3 is 2.75 bits per heavy atom. The molecule has 0 aromatic heterocycles. The van der Waals surface area contributed by atoms with Crippen LogP contribution in [-0.2, 0) is 0 Å². The van der Waals surface area contributed by atoms with Gasteiger partial charge >= 0.3 is 5.69 Å². The first-order valence-electron chi connectivity index (χ1n) is 4.95. The molecule has 1 aromatic carbocycles. The van der Waals surface area contributed by atoms with Crippen LogP contribution in [0.4, 0.5) is 11.4 Å². The Balaban J connectivity index is 2.40. The zero-order valence-electron chi connectivity index (χ0n) is 8.92. The number of hydrogen-bond donors (Lipinski definition) is 1. The highest BCUT2D eigenvalue weighted by atomic mass is 16.6. The highest BCUT2D eigenvalue weighted by Gasteiger charge is 2.31. The number of nitrogens with two attached hydrogens (primary N) is 1. The lowest BCUT2D eigenvalue weighted by molar-refractivity contribution is -0.385. The zero-order chi connectivity index (χ0) is 11.7. The fourth-order valence-corrected chi connectivity index (χ4v) is 1.82. The van der Waals surface area contributed by atoms with Crippen molar-refractivity contribution in [3.63, 3.8) is 0 Å². The van der Waals surface area contributed by atoms with Crippen LogP contribution in [0.25, 0.3) is 0 Å². The van der Waals surface area contributed by atoms with Crippen LogP contribution < -0.4 is 15.4 Å². The second-order valence-electron chi connectivity index (χ2n) is 3.75. The Hall–Kier alpha value is -1.82. The smallest absolute Gasteiger partial charge is 0.333 e. The molecule has 1 heterocycles. The van der Waals surface area contributed by atoms with Gasteiger partial charge in [0.15, 0.2) is 5.75 Å². The first kappa shape index (κ1) is 10.7. The van der Waals surface area contributed by atoms with Crippen LogP contribution in [-0.4, -0.2) is 31.2 Å². The van der Waals surface area contributed by atoms with Crippen LogP contribution in [0, 0.1) is 10.1 Å². The van der Waals surface area contributed by atoms with Gasteiger partial charge in [0.05, 0.1) is 12.0 Å². The summed E-state index contributed by atoms with van der Waals surface area (Å²) in [6.45, 7) is 1.29. The quantitative estimate of drug-likeness (QED) is 0.604. The number of nitro benzene ring substituents is 1. The maximum atomic E-state index is 11.0. The molecule has 6 nitrogen and oxygen atoms in total. The van der Waals surface area contributed by atoms with Gasteiger partial charge in [0.25, 0.3) is 0 Å². The molecule has 86 valence electrons. The summed E-state index contributed by atoms with van der Waals surface area (Å²) in [6.07, 6.45) is 0. The number of hydrogen-bond acceptors (Lipinski definition) is 5. The minimum Gasteiger partial charge on any atom is -0.490 e. The van der Waals surface area contributed by atoms with E-state index in [0.29, 0.717) is 18.8 Å². The summed E-state index contributed by atoms with van der Waals surface area (Å²) >= 11 is 0. The Morgan fingerprint density at radius 1 is 1.56 bits per heavy atom. The largest absolute Gasteiger partial charge is 0.490 e. The highest BCUT2D eigenvalue weighted by Crippen LogP contribution is 2.38. The minimum atomic E-state index is -0.419. The van der Waals surface area contributed by atoms with Gasteiger partial charge in [0, 0.05) is 19.1 Å². The molecule has 1 saturated heterocycles. The lowest BCUT2D eigenvalue weighted by Crippen LogP contribution is -2.56. The Labute approximate surface area is 92.8 Å². The monoisotopic (exact) mass is 223 g/mol. The molecule has 1 aliphatic rings. The van der Waals surface area contributed by atoms with Crippen molar-refractivity contribution < 1.29 is 9.66 Å². The lowest BCUT2D eigenvalue weighted by Gasteiger charge is -2.38. The Morgan fingerprint density at radius 2 is 2.25 bits per heavy atom. The molecule has 0 unspecified atom stereocenters. The minimum absolute atomic E-state index is 0.0110. The van der Waals surface area contributed by atoms with Gasteiger partial charge in [-0.15, -0.1) is 0 Å². The maximum absolute atomic E-state index is 11.0. The van der Waals surface area contributed by atoms with Crippen LogP contribution in [0.5, 0.6) is 5.75 Å². The average Bonchev–Trinajstić information content (AvgIpc) is 2.23. The molecule has 6 heteroatoms. The van der Waals surface area contributed by atoms with E-state index in [1.165, 1.54) is 7.11 Å². The van der Waals surface area contributed by atoms with Crippen molar-refractivity contribution in [3.05, 3.63) is 28.3 Å². The molecular weight excluding hydrogens is 210 g/mol. The maximum Gasteiger partial charge on any atom is 0.333 e. The number of nitrogens with zero attached hydrogens (tertiary/aromatic N) is 2. The molecule has 0 atom stereocenters. The van der Waals surface area contributed by atoms with E-state index in [0.717, 1.165) is 0 Å². The molecule has 2 rings (SSSR count). The molecule has 0 bridgehead atoms. The van der Waals surface area contributed by atoms with Crippen LogP contribution in [0.2, 0.25) is 0 Å². The predicted molar refractivity (Wildman–Crippen MR) is 59.8 cm³/mol. The fraction of sp³-hybridized carbons (Fsp3) is 0.400. The number of benzene rings is 1. The van der Waals surface area contributed by atoms with Gasteiger partial charge in [-0.1, -0.05) is 6.07 Å². The number of anilines is 1. The van der Waals surface area contributed by atoms with E-state index < -0.39 is 4.92 Å². The van der Waals surface area contributed by atoms with Crippen molar-refractivity contribution in [1.29, 1.82) is 0 Å². The van der Waals surface area contributed by atoms with E-state index in [4.69, 9.17) is 10.5 Å². The molecule has 16 heavy (non-hydrogen) atoms. The normalized spacial score (nSPS) is 15.8. The van der Waals surface area contributed by atoms with Crippen molar-refractivity contribution in [1.82, 2.24) is 0 Å². The number of para-hydroxylation sites is 1. The van der Waals surface area contributed by atoms with Crippen molar-refractivity contribution in [2.75, 3.05) is 25.1 Å². The SMILES string of the molecule is COc1cccc(N2CC(N)C2)c1[N+](=O)[O-]. The summed E-state index contributed by atoms with van der Waals surface area (Å²) < 4.78 is 4.99. The van der Waals surface area contributed by atoms with Crippen molar-refractivity contribution >= 4 is 11.4 Å². The third-order valence-corrected chi connectivity index (χ3v) is 2.63. The van der Waals surface area contributed by atoms with Crippen LogP contribution in [0.15, 0.2) is 18.2 Å². The fourth-order valence-electron chi connectivity index (χ4n) is 1.82. The number of ether oxygens (including phenoxy) is 1. The topological polar surface area (TPSA) is 81.6 Å². The molecule has 0 amide bonds. The van der Waals surface area contributed by atoms with Gasteiger partial charge in [0.1, 0.15) is 5.69 Å². The summed E-state index contributed by atoms with van der Waals surface area (Å²) in [5.74, 6) is 0.281. The molecule has 2 N–H and O–H groups in total. The van der Waals surface area contributed by atoms with E-state index in [1.807, 2.05) is 4.90 Å². The summed E-state index contributed by atoms with van der Waals surface area (Å²) in [6, 6.07) is 5.14. The van der Waals surface area contributed by atoms with Crippen LogP contribution in [0.3, 0.4) is 0 Å². The van der Waals surface area contributed by atoms with E-state index in [-0.39, 0.29) is 17.5 Å². The first-order chi connectivity index (χ1) is 7.63. The van der Waals surface area contributed by atoms with E-state index in [9.17, 15) is 10.1 Å². The van der Waals surface area contributed by atoms with Gasteiger partial charge in [0.2, 0.25) is 0 Å².